The van der Waals surface area contributed by atoms with Crippen LogP contribution < -0.4 is 4.74 Å². The van der Waals surface area contributed by atoms with E-state index < -0.39 is 17.0 Å². The molecule has 1 spiro atoms. The number of benzene rings is 2. The molecular weight excluding hydrogens is 501 g/mol. The molecule has 2 N–H and O–H groups in total. The third kappa shape index (κ3) is 4.65. The Morgan fingerprint density at radius 2 is 1.82 bits per heavy atom. The molecule has 2 saturated heterocycles. The fourth-order valence-electron chi connectivity index (χ4n) is 6.41. The lowest BCUT2D eigenvalue weighted by atomic mass is 9.72. The van der Waals surface area contributed by atoms with Gasteiger partial charge < -0.3 is 24.7 Å². The van der Waals surface area contributed by atoms with Crippen LogP contribution in [0.1, 0.15) is 56.6 Å². The van der Waals surface area contributed by atoms with E-state index in [-0.39, 0.29) is 11.4 Å². The largest absolute Gasteiger partial charge is 0.496 e. The van der Waals surface area contributed by atoms with E-state index in [4.69, 9.17) is 9.57 Å². The summed E-state index contributed by atoms with van der Waals surface area (Å²) in [7, 11) is 1.65. The van der Waals surface area contributed by atoms with Gasteiger partial charge in [0, 0.05) is 38.3 Å². The molecule has 0 bridgehead atoms. The molecule has 1 saturated carbocycles. The molecule has 0 aromatic heterocycles. The van der Waals surface area contributed by atoms with Crippen LogP contribution in [0.25, 0.3) is 11.1 Å². The molecule has 3 aliphatic heterocycles. The number of piperidine rings is 1. The number of ether oxygens (including phenoxy) is 1. The number of carbonyl (C=O) groups is 1. The third-order valence-electron chi connectivity index (χ3n) is 9.25. The molecule has 0 amide bonds. The number of carboxylic acid groups (broad SMARTS) is 1. The van der Waals surface area contributed by atoms with Gasteiger partial charge in [0.05, 0.1) is 24.5 Å². The minimum absolute atomic E-state index is 0.293. The minimum Gasteiger partial charge on any atom is -0.496 e. The summed E-state index contributed by atoms with van der Waals surface area (Å²) in [5, 5.41) is 25.3. The number of rotatable bonds is 6. The molecule has 0 atom stereocenters. The van der Waals surface area contributed by atoms with E-state index >= 15 is 0 Å². The van der Waals surface area contributed by atoms with E-state index in [9.17, 15) is 19.4 Å². The molecule has 208 valence electrons. The summed E-state index contributed by atoms with van der Waals surface area (Å²) in [5.41, 5.74) is 1.69. The molecule has 1 aliphatic carbocycles. The summed E-state index contributed by atoms with van der Waals surface area (Å²) in [6.45, 7) is 5.27. The van der Waals surface area contributed by atoms with Crippen LogP contribution in [0.5, 0.6) is 5.75 Å². The number of halogens is 1. The number of methoxy groups -OCH3 is 1. The van der Waals surface area contributed by atoms with Gasteiger partial charge in [-0.15, -0.1) is 0 Å². The van der Waals surface area contributed by atoms with Crippen molar-refractivity contribution in [2.45, 2.75) is 63.2 Å². The second-order valence-corrected chi connectivity index (χ2v) is 12.1. The lowest BCUT2D eigenvalue weighted by molar-refractivity contribution is -0.150. The van der Waals surface area contributed by atoms with Crippen molar-refractivity contribution in [3.63, 3.8) is 0 Å². The maximum absolute atomic E-state index is 13.6. The van der Waals surface area contributed by atoms with Gasteiger partial charge in [-0.3, -0.25) is 9.69 Å². The first-order chi connectivity index (χ1) is 18.6. The van der Waals surface area contributed by atoms with Crippen LogP contribution in [0, 0.1) is 11.2 Å². The maximum Gasteiger partial charge on any atom is 0.309 e. The van der Waals surface area contributed by atoms with Gasteiger partial charge in [-0.2, -0.15) is 0 Å². The van der Waals surface area contributed by atoms with Gasteiger partial charge in [-0.1, -0.05) is 17.3 Å². The summed E-state index contributed by atoms with van der Waals surface area (Å²) in [4.78, 5) is 22.0. The Labute approximate surface area is 228 Å². The van der Waals surface area contributed by atoms with Crippen LogP contribution in [0.4, 0.5) is 4.39 Å². The fourth-order valence-corrected chi connectivity index (χ4v) is 6.41. The number of carboxylic acids is 1. The smallest absolute Gasteiger partial charge is 0.309 e. The van der Waals surface area contributed by atoms with Crippen molar-refractivity contribution < 1.29 is 29.0 Å². The van der Waals surface area contributed by atoms with Crippen molar-refractivity contribution in [1.29, 1.82) is 0 Å². The highest BCUT2D eigenvalue weighted by atomic mass is 19.1. The lowest BCUT2D eigenvalue weighted by Gasteiger charge is -2.46. The summed E-state index contributed by atoms with van der Waals surface area (Å²) in [6.07, 6.45) is 4.30. The van der Waals surface area contributed by atoms with Gasteiger partial charge in [0.1, 0.15) is 17.4 Å². The zero-order valence-corrected chi connectivity index (χ0v) is 22.6. The predicted molar refractivity (Wildman–Crippen MR) is 144 cm³/mol. The average Bonchev–Trinajstić information content (AvgIpc) is 3.33. The summed E-state index contributed by atoms with van der Waals surface area (Å²) >= 11 is 0. The Kier molecular flexibility index (Phi) is 6.34. The third-order valence-corrected chi connectivity index (χ3v) is 9.25. The van der Waals surface area contributed by atoms with Crippen LogP contribution in [0.15, 0.2) is 41.6 Å². The number of amidine groups is 1. The second-order valence-electron chi connectivity index (χ2n) is 12.1. The van der Waals surface area contributed by atoms with Gasteiger partial charge in [0.2, 0.25) is 0 Å². The highest BCUT2D eigenvalue weighted by molar-refractivity contribution is 5.85. The van der Waals surface area contributed by atoms with E-state index in [1.54, 1.807) is 19.2 Å². The fraction of sp³-hybridized carbons (Fsp3) is 0.533. The molecule has 2 aromatic carbocycles. The first-order valence-corrected chi connectivity index (χ1v) is 13.8. The molecule has 4 aliphatic rings. The maximum atomic E-state index is 13.6. The molecule has 9 heteroatoms. The Bertz CT molecular complexity index is 1290. The monoisotopic (exact) mass is 537 g/mol. The number of hydrogen-bond acceptors (Lipinski definition) is 7. The molecule has 3 heterocycles. The molecule has 39 heavy (non-hydrogen) atoms. The molecule has 2 aromatic rings. The summed E-state index contributed by atoms with van der Waals surface area (Å²) in [6, 6.07) is 10.4. The van der Waals surface area contributed by atoms with Crippen LogP contribution >= 0.6 is 0 Å². The number of aliphatic carboxylic acids is 1. The SMILES string of the molecule is COc1cc(-c2ccc(F)cc2)c(C2(O)CCC2)cc1CN1CC2(CC(N3CCC(C)(C(=O)O)CC3)=NO2)C1. The van der Waals surface area contributed by atoms with Gasteiger partial charge >= 0.3 is 5.97 Å². The Morgan fingerprint density at radius 1 is 1.13 bits per heavy atom. The quantitative estimate of drug-likeness (QED) is 0.566. The van der Waals surface area contributed by atoms with E-state index in [1.807, 2.05) is 13.0 Å². The average molecular weight is 538 g/mol. The normalized spacial score (nSPS) is 23.0. The standard InChI is InChI=1S/C30H36FN3O5/c1-28(27(35)36)10-12-34(13-11-28)26-16-29(39-32-26)18-33(19-29)17-21-14-24(30(37)8-3-9-30)23(15-25(21)38-2)20-4-6-22(31)7-5-20/h4-7,14-15,37H,3,8-13,16-19H2,1-2H3,(H,35,36). The Morgan fingerprint density at radius 3 is 2.41 bits per heavy atom. The number of oxime groups is 1. The first-order valence-electron chi connectivity index (χ1n) is 13.8. The Hall–Kier alpha value is -3.17. The van der Waals surface area contributed by atoms with Crippen molar-refractivity contribution in [2.24, 2.45) is 10.6 Å². The van der Waals surface area contributed by atoms with Crippen molar-refractivity contribution in [2.75, 3.05) is 33.3 Å². The van der Waals surface area contributed by atoms with Crippen LogP contribution in [-0.2, 0) is 21.8 Å². The lowest BCUT2D eigenvalue weighted by Crippen LogP contribution is -2.61. The van der Waals surface area contributed by atoms with E-state index in [0.717, 1.165) is 59.8 Å². The zero-order chi connectivity index (χ0) is 27.4. The molecule has 0 radical (unpaired) electrons. The molecule has 0 unspecified atom stereocenters. The van der Waals surface area contributed by atoms with E-state index in [0.29, 0.717) is 45.3 Å². The van der Waals surface area contributed by atoms with E-state index in [2.05, 4.69) is 21.0 Å². The van der Waals surface area contributed by atoms with Crippen molar-refractivity contribution in [3.05, 3.63) is 53.3 Å². The minimum atomic E-state index is -0.886. The molecule has 3 fully saturated rings. The van der Waals surface area contributed by atoms with Crippen LogP contribution in [0.3, 0.4) is 0 Å². The zero-order valence-electron chi connectivity index (χ0n) is 22.6. The number of aliphatic hydroxyl groups is 1. The second kappa shape index (κ2) is 9.48. The van der Waals surface area contributed by atoms with Gasteiger partial charge in [0.25, 0.3) is 0 Å². The van der Waals surface area contributed by atoms with Crippen molar-refractivity contribution in [1.82, 2.24) is 9.80 Å². The molecular formula is C30H36FN3O5. The molecule has 6 rings (SSSR count). The predicted octanol–water partition coefficient (Wildman–Crippen LogP) is 4.35. The Balaban J connectivity index is 1.14. The number of hydrogen-bond donors (Lipinski definition) is 2. The number of likely N-dealkylation sites (tertiary alicyclic amines) is 2. The highest BCUT2D eigenvalue weighted by Gasteiger charge is 2.51. The topological polar surface area (TPSA) is 94.8 Å². The summed E-state index contributed by atoms with van der Waals surface area (Å²) < 4.78 is 19.4. The van der Waals surface area contributed by atoms with Crippen molar-refractivity contribution >= 4 is 11.8 Å². The summed E-state index contributed by atoms with van der Waals surface area (Å²) in [5.74, 6) is 0.628. The van der Waals surface area contributed by atoms with Gasteiger partial charge in [0.15, 0.2) is 5.60 Å². The van der Waals surface area contributed by atoms with Crippen LogP contribution in [0.2, 0.25) is 0 Å². The van der Waals surface area contributed by atoms with Crippen molar-refractivity contribution in [3.8, 4) is 16.9 Å². The van der Waals surface area contributed by atoms with Crippen LogP contribution in [-0.4, -0.2) is 70.7 Å². The highest BCUT2D eigenvalue weighted by Crippen LogP contribution is 2.47. The first kappa shape index (κ1) is 26.1. The van der Waals surface area contributed by atoms with Gasteiger partial charge in [-0.25, -0.2) is 4.39 Å². The van der Waals surface area contributed by atoms with E-state index in [1.165, 1.54) is 12.1 Å². The van der Waals surface area contributed by atoms with Gasteiger partial charge in [-0.05, 0) is 80.0 Å². The molecule has 8 nitrogen and oxygen atoms in total. The number of nitrogens with zero attached hydrogens (tertiary/aromatic N) is 3.